The van der Waals surface area contributed by atoms with Crippen molar-refractivity contribution in [2.24, 2.45) is 11.8 Å². The lowest BCUT2D eigenvalue weighted by molar-refractivity contribution is -0.119. The van der Waals surface area contributed by atoms with Gasteiger partial charge in [0.05, 0.1) is 35.6 Å². The van der Waals surface area contributed by atoms with Crippen LogP contribution in [0.1, 0.15) is 173 Å². The molecule has 2 amide bonds. The van der Waals surface area contributed by atoms with Crippen molar-refractivity contribution in [3.63, 3.8) is 0 Å². The first-order valence-electron chi connectivity index (χ1n) is 25.3. The number of halogens is 1. The summed E-state index contributed by atoms with van der Waals surface area (Å²) in [6, 6.07) is 4.96. The number of amides is 2. The number of carbonyl (C=O) groups excluding carboxylic acids is 2. The van der Waals surface area contributed by atoms with Crippen LogP contribution in [0.3, 0.4) is 0 Å². The lowest BCUT2D eigenvalue weighted by atomic mass is 9.81. The predicted octanol–water partition coefficient (Wildman–Crippen LogP) is 9.38. The number of nitrogens with zero attached hydrogens (tertiary/aromatic N) is 6. The van der Waals surface area contributed by atoms with Crippen molar-refractivity contribution in [1.82, 2.24) is 28.4 Å². The molecule has 2 aromatic heterocycles. The van der Waals surface area contributed by atoms with E-state index in [-0.39, 0.29) is 64.8 Å². The van der Waals surface area contributed by atoms with Gasteiger partial charge in [-0.25, -0.2) is 18.9 Å². The third-order valence-electron chi connectivity index (χ3n) is 14.1. The minimum Gasteiger partial charge on any atom is -0.390 e. The molecule has 4 saturated heterocycles. The van der Waals surface area contributed by atoms with Gasteiger partial charge >= 0.3 is 11.4 Å². The van der Waals surface area contributed by atoms with Gasteiger partial charge < -0.3 is 38.8 Å². The number of nitrogens with one attached hydrogen (secondary N) is 2. The largest absolute Gasteiger partial charge is 0.390 e. The van der Waals surface area contributed by atoms with Gasteiger partial charge in [0.1, 0.15) is 24.1 Å². The third-order valence-corrected chi connectivity index (χ3v) is 18.6. The molecule has 0 bridgehead atoms. The summed E-state index contributed by atoms with van der Waals surface area (Å²) < 4.78 is 38.8. The summed E-state index contributed by atoms with van der Waals surface area (Å²) in [5.41, 5.74) is -1.08. The van der Waals surface area contributed by atoms with Gasteiger partial charge in [-0.05, 0) is 103 Å². The highest BCUT2D eigenvalue weighted by molar-refractivity contribution is 7.78. The molecule has 2 aromatic rings. The topological polar surface area (TPSA) is 201 Å². The van der Waals surface area contributed by atoms with Gasteiger partial charge in [0.25, 0.3) is 8.53 Å². The minimum absolute atomic E-state index is 0.0377. The molecule has 6 heterocycles. The summed E-state index contributed by atoms with van der Waals surface area (Å²) >= 11 is 6.31. The zero-order valence-electron chi connectivity index (χ0n) is 42.8. The Morgan fingerprint density at radius 1 is 0.754 bits per heavy atom. The van der Waals surface area contributed by atoms with Crippen LogP contribution in [0.4, 0.5) is 11.6 Å². The standard InChI is InChI=1S/C24H39N4O5P.C14H21N3O4.C10H19ClNOP/c1-7-17-18(32-34-28(16(4)5)19-10-8-9-12-24(19,6)33-34)14-21(31-17)27-13-11-20(26-23(27)30)25-22(29)15(2)3;1-4-10-9(18)7-12(21-10)17-6-5-11(16-14(17)20)15-13(19)8(2)3;1-8(2)12-9-6-4-5-7-10(9,3)13-14(12)11/h11,13,15-19,21H,7-10,12,14H2,1-6H3,(H,25,26,29,30);5-6,8-10,12,18H,4,7H2,1-3H3,(H,15,16,19,20);8-9H,4-7H2,1-3H3/t17?,18?,19-,21?,24-,34?;9?,10-,12-;9-,10-,14?/m010/s1. The number of anilines is 2. The fraction of sp³-hybridized carbons (Fsp3) is 0.792. The highest BCUT2D eigenvalue weighted by Crippen LogP contribution is 2.64. The normalized spacial score (nSPS) is 33.5. The summed E-state index contributed by atoms with van der Waals surface area (Å²) in [6.45, 7) is 24.4. The SMILES string of the molecule is CC(C)N1[C@H]2CCCC[C@]2(C)OP1Cl.CCC1OC(n2ccc(NC(=O)C(C)C)nc2=O)CC1OP1O[C@@]2(C)CCCC[C@@H]2N1C(C)C.CC[C@H]1O[C@@H](n2ccc(NC(=O)C(C)C)nc2=O)CC1O. The predicted molar refractivity (Wildman–Crippen MR) is 270 cm³/mol. The molecule has 69 heavy (non-hydrogen) atoms. The quantitative estimate of drug-likeness (QED) is 0.170. The van der Waals surface area contributed by atoms with Crippen LogP contribution in [0.25, 0.3) is 0 Å². The zero-order valence-corrected chi connectivity index (χ0v) is 45.3. The van der Waals surface area contributed by atoms with Crippen LogP contribution in [-0.4, -0.2) is 105 Å². The van der Waals surface area contributed by atoms with Gasteiger partial charge in [0, 0.05) is 61.2 Å². The van der Waals surface area contributed by atoms with Gasteiger partial charge in [0.15, 0.2) is 0 Å². The van der Waals surface area contributed by atoms with E-state index in [1.165, 1.54) is 53.9 Å². The van der Waals surface area contributed by atoms with E-state index in [9.17, 15) is 24.3 Å². The summed E-state index contributed by atoms with van der Waals surface area (Å²) in [4.78, 5) is 56.1. The molecular formula is C48H79ClN8O10P2. The van der Waals surface area contributed by atoms with Gasteiger partial charge in [-0.3, -0.25) is 18.7 Å². The maximum absolute atomic E-state index is 12.7. The number of aliphatic hydroxyl groups is 1. The molecule has 3 N–H and O–H groups in total. The monoisotopic (exact) mass is 1020 g/mol. The van der Waals surface area contributed by atoms with Crippen molar-refractivity contribution in [2.75, 3.05) is 10.6 Å². The fourth-order valence-corrected chi connectivity index (χ4v) is 15.2. The summed E-state index contributed by atoms with van der Waals surface area (Å²) in [6.07, 6.45) is 13.1. The van der Waals surface area contributed by atoms with Crippen LogP contribution < -0.4 is 22.0 Å². The molecule has 6 aliphatic rings. The summed E-state index contributed by atoms with van der Waals surface area (Å²) in [7, 11) is -2.07. The molecule has 6 fully saturated rings. The molecule has 8 rings (SSSR count). The Balaban J connectivity index is 0.000000189. The second-order valence-electron chi connectivity index (χ2n) is 20.8. The van der Waals surface area contributed by atoms with Crippen molar-refractivity contribution in [3.05, 3.63) is 45.5 Å². The molecule has 0 spiro atoms. The molecule has 18 nitrogen and oxygen atoms in total. The highest BCUT2D eigenvalue weighted by atomic mass is 35.7. The molecule has 4 aliphatic heterocycles. The maximum atomic E-state index is 12.7. The number of hydrogen-bond acceptors (Lipinski definition) is 14. The highest BCUT2D eigenvalue weighted by Gasteiger charge is 2.55. The third kappa shape index (κ3) is 13.2. The summed E-state index contributed by atoms with van der Waals surface area (Å²) in [5.74, 6) is -0.276. The summed E-state index contributed by atoms with van der Waals surface area (Å²) in [5, 5.41) is 15.1. The Morgan fingerprint density at radius 2 is 1.22 bits per heavy atom. The first kappa shape index (κ1) is 55.8. The molecule has 2 saturated carbocycles. The number of rotatable bonds is 12. The molecule has 0 radical (unpaired) electrons. The second-order valence-corrected chi connectivity index (χ2v) is 24.1. The van der Waals surface area contributed by atoms with Crippen LogP contribution in [0.5, 0.6) is 0 Å². The van der Waals surface area contributed by atoms with Crippen molar-refractivity contribution in [3.8, 4) is 0 Å². The smallest absolute Gasteiger partial charge is 0.351 e. The number of fused-ring (bicyclic) bond motifs is 2. The Morgan fingerprint density at radius 3 is 1.67 bits per heavy atom. The Bertz CT molecular complexity index is 2170. The van der Waals surface area contributed by atoms with Gasteiger partial charge in [0.2, 0.25) is 19.5 Å². The number of aliphatic hydroxyl groups excluding tert-OH is 1. The molecule has 388 valence electrons. The average molecular weight is 1030 g/mol. The molecule has 12 atom stereocenters. The van der Waals surface area contributed by atoms with Crippen LogP contribution in [0, 0.1) is 11.8 Å². The Hall–Kier alpha value is -2.47. The minimum atomic E-state index is -1.20. The van der Waals surface area contributed by atoms with Gasteiger partial charge in [-0.2, -0.15) is 9.97 Å². The van der Waals surface area contributed by atoms with Crippen LogP contribution in [0.2, 0.25) is 0 Å². The van der Waals surface area contributed by atoms with Crippen molar-refractivity contribution in [2.45, 2.75) is 232 Å². The maximum Gasteiger partial charge on any atom is 0.351 e. The number of hydrogen-bond donors (Lipinski definition) is 3. The first-order chi connectivity index (χ1) is 32.6. The van der Waals surface area contributed by atoms with E-state index in [0.29, 0.717) is 43.4 Å². The van der Waals surface area contributed by atoms with Gasteiger partial charge in [-0.1, -0.05) is 67.2 Å². The number of carbonyl (C=O) groups is 2. The van der Waals surface area contributed by atoms with E-state index in [1.54, 1.807) is 46.0 Å². The van der Waals surface area contributed by atoms with E-state index in [1.807, 2.05) is 6.92 Å². The zero-order chi connectivity index (χ0) is 50.5. The lowest BCUT2D eigenvalue weighted by Gasteiger charge is -2.37. The Labute approximate surface area is 415 Å². The Kier molecular flexibility index (Phi) is 19.5. The van der Waals surface area contributed by atoms with Crippen molar-refractivity contribution < 1.29 is 37.7 Å². The molecule has 6 unspecified atom stereocenters. The molecule has 2 aliphatic carbocycles. The molecule has 0 aromatic carbocycles. The van der Waals surface area contributed by atoms with Gasteiger partial charge in [-0.15, -0.1) is 0 Å². The van der Waals surface area contributed by atoms with Crippen LogP contribution >= 0.6 is 27.4 Å². The molecule has 21 heteroatoms. The lowest BCUT2D eigenvalue weighted by Crippen LogP contribution is -2.47. The first-order valence-corrected chi connectivity index (χ1v) is 28.5. The average Bonchev–Trinajstić information content (AvgIpc) is 4.02. The van der Waals surface area contributed by atoms with E-state index in [4.69, 9.17) is 34.3 Å². The van der Waals surface area contributed by atoms with E-state index >= 15 is 0 Å². The second kappa shape index (κ2) is 24.0. The van der Waals surface area contributed by atoms with Crippen LogP contribution in [0.15, 0.2) is 34.1 Å². The van der Waals surface area contributed by atoms with Crippen LogP contribution in [-0.2, 0) is 32.6 Å². The number of aromatic nitrogens is 4. The van der Waals surface area contributed by atoms with E-state index in [0.717, 1.165) is 19.3 Å². The van der Waals surface area contributed by atoms with Crippen molar-refractivity contribution in [1.29, 1.82) is 0 Å². The molecular weight excluding hydrogens is 946 g/mol. The van der Waals surface area contributed by atoms with E-state index in [2.05, 4.69) is 78.4 Å². The fourth-order valence-electron chi connectivity index (χ4n) is 10.1. The van der Waals surface area contributed by atoms with Crippen molar-refractivity contribution >= 4 is 50.9 Å². The number of ether oxygens (including phenoxy) is 2. The van der Waals surface area contributed by atoms with E-state index < -0.39 is 46.1 Å².